The first-order valence-electron chi connectivity index (χ1n) is 48.8. The molecule has 0 spiro atoms. The van der Waals surface area contributed by atoms with Crippen LogP contribution in [0.5, 0.6) is 0 Å². The highest BCUT2D eigenvalue weighted by Crippen LogP contribution is 2.56. The first kappa shape index (κ1) is 81.5. The Morgan fingerprint density at radius 3 is 1.01 bits per heavy atom. The summed E-state index contributed by atoms with van der Waals surface area (Å²) in [6.45, 7) is 14.1. The van der Waals surface area contributed by atoms with Gasteiger partial charge in [-0.25, -0.2) is 15.0 Å². The van der Waals surface area contributed by atoms with E-state index in [-0.39, 0.29) is 16.2 Å². The minimum Gasteiger partial charge on any atom is -0.309 e. The third-order valence-corrected chi connectivity index (χ3v) is 31.0. The van der Waals surface area contributed by atoms with Gasteiger partial charge in [0.15, 0.2) is 5.82 Å². The molecule has 0 unspecified atom stereocenters. The SMILES string of the molecule is CC1(C)c2ccccc2-c2c(-n3c4ccccc4c4cc(-c5ccc6c(c5)c5ccccc5n6-c5ccccc5)ccc43)cccc21.CC1(C)c2ccccc2-c2ccc(-n3c4ccccc4c4cc(-c5ccc6c(c5)c5ccccc5n6-c5cnccn5)ccc43)cc21.CC1(C)c2ccccc2-c2cccc(-n3c4ccccc4c4cc(-c5ccc6c(c5)c5ccccc5n6-c5ncccn5)ccc43)c21. The topological polar surface area (TPSA) is 81.1 Å². The molecule has 0 N–H and O–H groups in total. The molecular weight excluding hydrogens is 1710 g/mol. The van der Waals surface area contributed by atoms with Crippen LogP contribution >= 0.6 is 0 Å². The van der Waals surface area contributed by atoms with Crippen LogP contribution in [0.15, 0.2) is 450 Å². The van der Waals surface area contributed by atoms with Crippen molar-refractivity contribution >= 4 is 131 Å². The van der Waals surface area contributed by atoms with Crippen molar-refractivity contribution in [1.82, 2.24) is 47.3 Å². The summed E-state index contributed by atoms with van der Waals surface area (Å²) in [5.74, 6) is 1.50. The smallest absolute Gasteiger partial charge is 0.234 e. The van der Waals surface area contributed by atoms with Crippen molar-refractivity contribution in [1.29, 1.82) is 0 Å². The summed E-state index contributed by atoms with van der Waals surface area (Å²) in [6, 6.07) is 154. The Morgan fingerprint density at radius 1 is 0.191 bits per heavy atom. The Balaban J connectivity index is 0.000000104. The van der Waals surface area contributed by atoms with Crippen LogP contribution in [-0.2, 0) is 16.2 Å². The molecule has 3 aliphatic rings. The molecule has 10 nitrogen and oxygen atoms in total. The van der Waals surface area contributed by atoms with E-state index in [1.165, 1.54) is 232 Å². The minimum atomic E-state index is -0.112. The highest BCUT2D eigenvalue weighted by atomic mass is 15.2. The Kier molecular flexibility index (Phi) is 18.0. The highest BCUT2D eigenvalue weighted by Gasteiger charge is 2.41. The summed E-state index contributed by atoms with van der Waals surface area (Å²) >= 11 is 0. The molecule has 8 aromatic heterocycles. The van der Waals surface area contributed by atoms with E-state index in [1.807, 2.05) is 12.3 Å². The summed E-state index contributed by atoms with van der Waals surface area (Å²) in [5.41, 5.74) is 42.5. The van der Waals surface area contributed by atoms with Gasteiger partial charge in [0, 0.05) is 123 Å². The quantitative estimate of drug-likeness (QED) is 0.144. The van der Waals surface area contributed by atoms with Gasteiger partial charge in [-0.1, -0.05) is 308 Å². The molecule has 19 aromatic carbocycles. The number of hydrogen-bond acceptors (Lipinski definition) is 4. The number of benzene rings is 19. The van der Waals surface area contributed by atoms with Gasteiger partial charge in [0.2, 0.25) is 5.95 Å². The van der Waals surface area contributed by atoms with E-state index in [0.29, 0.717) is 5.95 Å². The lowest BCUT2D eigenvalue weighted by atomic mass is 9.81. The minimum absolute atomic E-state index is 0.0455. The molecule has 141 heavy (non-hydrogen) atoms. The van der Waals surface area contributed by atoms with Crippen molar-refractivity contribution in [3.05, 3.63) is 483 Å². The van der Waals surface area contributed by atoms with E-state index in [4.69, 9.17) is 0 Å². The first-order chi connectivity index (χ1) is 69.3. The summed E-state index contributed by atoms with van der Waals surface area (Å²) < 4.78 is 14.1. The van der Waals surface area contributed by atoms with E-state index >= 15 is 0 Å². The van der Waals surface area contributed by atoms with Crippen LogP contribution in [-0.4, -0.2) is 47.3 Å². The molecular formula is C131H92N10. The van der Waals surface area contributed by atoms with Crippen molar-refractivity contribution in [3.63, 3.8) is 0 Å². The zero-order valence-electron chi connectivity index (χ0n) is 78.7. The van der Waals surface area contributed by atoms with Gasteiger partial charge in [-0.15, -0.1) is 0 Å². The number of aromatic nitrogens is 10. The highest BCUT2D eigenvalue weighted by molar-refractivity contribution is 6.18. The summed E-state index contributed by atoms with van der Waals surface area (Å²) in [5, 5.41) is 14.9. The molecule has 10 heteroatoms. The zero-order chi connectivity index (χ0) is 93.8. The Bertz CT molecular complexity index is 9910. The lowest BCUT2D eigenvalue weighted by Crippen LogP contribution is -2.17. The van der Waals surface area contributed by atoms with Crippen LogP contribution in [0.25, 0.3) is 232 Å². The molecule has 0 saturated heterocycles. The van der Waals surface area contributed by atoms with Crippen molar-refractivity contribution in [2.24, 2.45) is 0 Å². The normalized spacial score (nSPS) is 13.5. The number of hydrogen-bond donors (Lipinski definition) is 0. The largest absolute Gasteiger partial charge is 0.309 e. The van der Waals surface area contributed by atoms with Gasteiger partial charge < -0.3 is 18.3 Å². The molecule has 666 valence electrons. The van der Waals surface area contributed by atoms with Crippen molar-refractivity contribution in [3.8, 4) is 101 Å². The third kappa shape index (κ3) is 12.2. The molecule has 0 radical (unpaired) electrons. The van der Waals surface area contributed by atoms with Gasteiger partial charge in [0.05, 0.1) is 83.8 Å². The lowest BCUT2D eigenvalue weighted by Gasteiger charge is -2.25. The van der Waals surface area contributed by atoms with Crippen molar-refractivity contribution in [2.45, 2.75) is 57.8 Å². The molecule has 0 atom stereocenters. The van der Waals surface area contributed by atoms with E-state index in [0.717, 1.165) is 27.9 Å². The van der Waals surface area contributed by atoms with E-state index < -0.39 is 0 Å². The molecule has 3 aliphatic carbocycles. The van der Waals surface area contributed by atoms with Gasteiger partial charge in [-0.3, -0.25) is 14.1 Å². The fraction of sp³-hybridized carbons (Fsp3) is 0.0687. The standard InChI is InChI=1S/C45H32N2.2C43H30N4/c1-45(2)37-18-9-6-17-34(37)44-38(45)19-12-22-43(44)47-40-21-11-8-16-33(40)36-28-30(24-26-42(36)47)29-23-25-41-35(27-29)32-15-7-10-20-39(32)46(41)31-13-4-3-5-14-31;1-43(2)35-15-6-3-11-29(35)32-14-9-18-40(41(32)43)46-36-16-7-4-12-30(36)33-25-27(19-21-38(33)46)28-20-22-39-34(26-28)31-13-5-8-17-37(31)47(39)42-44-23-10-24-45-42;1-43(2)36-12-6-3-9-30(36)31-18-17-29(25-37(31)43)46-38-13-7-4-10-32(38)34-23-27(15-19-40(34)46)28-16-20-41-35(24-28)33-11-5-8-14-39(33)47(41)42-26-44-21-22-45-42/h3-28H,1-2H3;2*3-26H,1-2H3. The van der Waals surface area contributed by atoms with Crippen LogP contribution in [0, 0.1) is 0 Å². The first-order valence-corrected chi connectivity index (χ1v) is 48.8. The molecule has 0 bridgehead atoms. The van der Waals surface area contributed by atoms with Gasteiger partial charge in [-0.2, -0.15) is 0 Å². The van der Waals surface area contributed by atoms with Crippen molar-refractivity contribution < 1.29 is 0 Å². The van der Waals surface area contributed by atoms with Gasteiger partial charge >= 0.3 is 0 Å². The number of rotatable bonds is 9. The maximum absolute atomic E-state index is 4.63. The van der Waals surface area contributed by atoms with Crippen LogP contribution < -0.4 is 0 Å². The summed E-state index contributed by atoms with van der Waals surface area (Å²) in [6.07, 6.45) is 8.88. The van der Waals surface area contributed by atoms with E-state index in [1.54, 1.807) is 24.8 Å². The van der Waals surface area contributed by atoms with E-state index in [9.17, 15) is 0 Å². The average Bonchev–Trinajstić information content (AvgIpc) is 1.56. The number of nitrogens with zero attached hydrogens (tertiary/aromatic N) is 10. The molecule has 0 aliphatic heterocycles. The second kappa shape index (κ2) is 31.1. The molecule has 0 amide bonds. The fourth-order valence-corrected chi connectivity index (χ4v) is 24.6. The van der Waals surface area contributed by atoms with Gasteiger partial charge in [0.1, 0.15) is 0 Å². The Morgan fingerprint density at radius 2 is 0.525 bits per heavy atom. The average molecular weight is 1810 g/mol. The fourth-order valence-electron chi connectivity index (χ4n) is 24.6. The molecule has 27 aromatic rings. The van der Waals surface area contributed by atoms with E-state index in [2.05, 4.69) is 501 Å². The number of fused-ring (bicyclic) bond motifs is 27. The second-order valence-electron chi connectivity index (χ2n) is 39.6. The molecule has 0 fully saturated rings. The predicted octanol–water partition coefficient (Wildman–Crippen LogP) is 33.1. The lowest BCUT2D eigenvalue weighted by molar-refractivity contribution is 0.656. The van der Waals surface area contributed by atoms with Gasteiger partial charge in [-0.05, 0) is 246 Å². The molecule has 8 heterocycles. The predicted molar refractivity (Wildman–Crippen MR) is 586 cm³/mol. The Labute approximate surface area is 814 Å². The number of para-hydroxylation sites is 7. The van der Waals surface area contributed by atoms with Crippen LogP contribution in [0.1, 0.15) is 74.9 Å². The molecule has 0 saturated carbocycles. The summed E-state index contributed by atoms with van der Waals surface area (Å²) in [4.78, 5) is 18.1. The monoisotopic (exact) mass is 1800 g/mol. The van der Waals surface area contributed by atoms with Crippen LogP contribution in [0.2, 0.25) is 0 Å². The zero-order valence-corrected chi connectivity index (χ0v) is 78.7. The van der Waals surface area contributed by atoms with Crippen molar-refractivity contribution in [2.75, 3.05) is 0 Å². The van der Waals surface area contributed by atoms with Crippen LogP contribution in [0.4, 0.5) is 0 Å². The summed E-state index contributed by atoms with van der Waals surface area (Å²) in [7, 11) is 0. The maximum atomic E-state index is 4.63. The second-order valence-corrected chi connectivity index (χ2v) is 39.6. The molecule has 30 rings (SSSR count). The Hall–Kier alpha value is -17.9. The maximum Gasteiger partial charge on any atom is 0.234 e. The third-order valence-electron chi connectivity index (χ3n) is 31.0. The van der Waals surface area contributed by atoms with Crippen LogP contribution in [0.3, 0.4) is 0 Å². The van der Waals surface area contributed by atoms with Gasteiger partial charge in [0.25, 0.3) is 0 Å².